The molecule has 0 radical (unpaired) electrons. The lowest BCUT2D eigenvalue weighted by Crippen LogP contribution is -2.47. The number of nitrogens with zero attached hydrogens (tertiary/aromatic N) is 2. The van der Waals surface area contributed by atoms with E-state index in [1.54, 1.807) is 6.07 Å². The highest BCUT2D eigenvalue weighted by Gasteiger charge is 2.26. The molecule has 1 unspecified atom stereocenters. The first-order valence-corrected chi connectivity index (χ1v) is 7.89. The molecule has 1 amide bonds. The van der Waals surface area contributed by atoms with Crippen molar-refractivity contribution in [2.45, 2.75) is 25.8 Å². The number of nitrogens with one attached hydrogen (secondary N) is 1. The van der Waals surface area contributed by atoms with Gasteiger partial charge >= 0.3 is 0 Å². The molecule has 0 aromatic heterocycles. The average molecular weight is 310 g/mol. The summed E-state index contributed by atoms with van der Waals surface area (Å²) in [5.41, 5.74) is 1.53. The minimum Gasteiger partial charge on any atom is -0.385 e. The molecule has 1 aliphatic heterocycles. The molecule has 0 saturated carbocycles. The second-order valence-electron chi connectivity index (χ2n) is 5.73. The number of carbonyl (C=O) groups is 1. The van der Waals surface area contributed by atoms with Crippen LogP contribution in [0.2, 0.25) is 5.02 Å². The largest absolute Gasteiger partial charge is 0.385 e. The third-order valence-corrected chi connectivity index (χ3v) is 4.23. The predicted octanol–water partition coefficient (Wildman–Crippen LogP) is 2.94. The van der Waals surface area contributed by atoms with Gasteiger partial charge in [-0.05, 0) is 52.1 Å². The van der Waals surface area contributed by atoms with E-state index in [2.05, 4.69) is 24.3 Å². The number of piperidine rings is 1. The molecule has 1 saturated heterocycles. The monoisotopic (exact) mass is 309 g/mol. The molecule has 0 bridgehead atoms. The van der Waals surface area contributed by atoms with Crippen LogP contribution in [-0.4, -0.2) is 55.5 Å². The number of halogens is 1. The average Bonchev–Trinajstić information content (AvgIpc) is 2.48. The van der Waals surface area contributed by atoms with Crippen molar-refractivity contribution in [3.63, 3.8) is 0 Å². The fraction of sp³-hybridized carbons (Fsp3) is 0.562. The SMILES string of the molecule is CCNc1ccc(Cl)cc1C(=O)N1CCCC(N(C)C)C1. The number of carbonyl (C=O) groups excluding carboxylic acids is 1. The van der Waals surface area contributed by atoms with Crippen molar-refractivity contribution in [1.29, 1.82) is 0 Å². The van der Waals surface area contributed by atoms with Gasteiger partial charge < -0.3 is 15.1 Å². The van der Waals surface area contributed by atoms with Gasteiger partial charge in [0.25, 0.3) is 5.91 Å². The minimum atomic E-state index is 0.0694. The summed E-state index contributed by atoms with van der Waals surface area (Å²) in [7, 11) is 4.14. The van der Waals surface area contributed by atoms with E-state index in [0.717, 1.165) is 38.2 Å². The Morgan fingerprint density at radius 2 is 2.24 bits per heavy atom. The van der Waals surface area contributed by atoms with Crippen molar-refractivity contribution in [2.75, 3.05) is 39.0 Å². The van der Waals surface area contributed by atoms with Crippen LogP contribution >= 0.6 is 11.6 Å². The molecule has 1 N–H and O–H groups in total. The van der Waals surface area contributed by atoms with Crippen LogP contribution in [0.15, 0.2) is 18.2 Å². The number of amides is 1. The van der Waals surface area contributed by atoms with Gasteiger partial charge in [0.05, 0.1) is 5.56 Å². The summed E-state index contributed by atoms with van der Waals surface area (Å²) < 4.78 is 0. The van der Waals surface area contributed by atoms with Gasteiger partial charge in [0.15, 0.2) is 0 Å². The van der Waals surface area contributed by atoms with Crippen LogP contribution in [0, 0.1) is 0 Å². The van der Waals surface area contributed by atoms with E-state index in [1.165, 1.54) is 0 Å². The van der Waals surface area contributed by atoms with E-state index in [-0.39, 0.29) is 5.91 Å². The van der Waals surface area contributed by atoms with Gasteiger partial charge in [0.2, 0.25) is 0 Å². The van der Waals surface area contributed by atoms with Crippen LogP contribution in [0.4, 0.5) is 5.69 Å². The fourth-order valence-electron chi connectivity index (χ4n) is 2.77. The van der Waals surface area contributed by atoms with Crippen LogP contribution in [0.5, 0.6) is 0 Å². The van der Waals surface area contributed by atoms with Crippen molar-refractivity contribution >= 4 is 23.2 Å². The van der Waals surface area contributed by atoms with E-state index in [1.807, 2.05) is 24.0 Å². The maximum absolute atomic E-state index is 12.8. The van der Waals surface area contributed by atoms with Crippen molar-refractivity contribution in [1.82, 2.24) is 9.80 Å². The molecule has 116 valence electrons. The Morgan fingerprint density at radius 3 is 2.90 bits per heavy atom. The third-order valence-electron chi connectivity index (χ3n) is 3.99. The number of likely N-dealkylation sites (tertiary alicyclic amines) is 1. The second kappa shape index (κ2) is 7.14. The molecule has 1 heterocycles. The first-order valence-electron chi connectivity index (χ1n) is 7.52. The van der Waals surface area contributed by atoms with Crippen LogP contribution in [0.1, 0.15) is 30.1 Å². The summed E-state index contributed by atoms with van der Waals surface area (Å²) >= 11 is 6.07. The number of hydrogen-bond acceptors (Lipinski definition) is 3. The van der Waals surface area contributed by atoms with Crippen molar-refractivity contribution < 1.29 is 4.79 Å². The fourth-order valence-corrected chi connectivity index (χ4v) is 2.94. The van der Waals surface area contributed by atoms with Crippen LogP contribution in [0.3, 0.4) is 0 Å². The Balaban J connectivity index is 2.20. The molecule has 4 nitrogen and oxygen atoms in total. The van der Waals surface area contributed by atoms with Gasteiger partial charge in [0, 0.05) is 36.4 Å². The molecule has 21 heavy (non-hydrogen) atoms. The zero-order valence-corrected chi connectivity index (χ0v) is 13.8. The smallest absolute Gasteiger partial charge is 0.256 e. The Bertz CT molecular complexity index is 504. The summed E-state index contributed by atoms with van der Waals surface area (Å²) in [6.45, 7) is 4.40. The van der Waals surface area contributed by atoms with E-state index in [4.69, 9.17) is 11.6 Å². The highest BCUT2D eigenvalue weighted by molar-refractivity contribution is 6.31. The molecular formula is C16H24ClN3O. The highest BCUT2D eigenvalue weighted by Crippen LogP contribution is 2.24. The Kier molecular flexibility index (Phi) is 5.48. The van der Waals surface area contributed by atoms with Crippen molar-refractivity contribution in [3.05, 3.63) is 28.8 Å². The molecule has 2 rings (SSSR count). The number of hydrogen-bond donors (Lipinski definition) is 1. The predicted molar refractivity (Wildman–Crippen MR) is 88.2 cm³/mol. The van der Waals surface area contributed by atoms with Crippen molar-refractivity contribution in [3.8, 4) is 0 Å². The third kappa shape index (κ3) is 3.89. The topological polar surface area (TPSA) is 35.6 Å². The lowest BCUT2D eigenvalue weighted by molar-refractivity contribution is 0.0636. The molecule has 0 aliphatic carbocycles. The Hall–Kier alpha value is -1.26. The first kappa shape index (κ1) is 16.1. The van der Waals surface area contributed by atoms with Gasteiger partial charge in [-0.3, -0.25) is 4.79 Å². The quantitative estimate of drug-likeness (QED) is 0.929. The number of likely N-dealkylation sites (N-methyl/N-ethyl adjacent to an activating group) is 1. The van der Waals surface area contributed by atoms with Gasteiger partial charge in [-0.2, -0.15) is 0 Å². The van der Waals surface area contributed by atoms with Crippen LogP contribution in [0.25, 0.3) is 0 Å². The summed E-state index contributed by atoms with van der Waals surface area (Å²) in [5, 5.41) is 3.84. The number of anilines is 1. The Morgan fingerprint density at radius 1 is 1.48 bits per heavy atom. The van der Waals surface area contributed by atoms with E-state index in [9.17, 15) is 4.79 Å². The molecule has 1 aromatic carbocycles. The summed E-state index contributed by atoms with van der Waals surface area (Å²) in [4.78, 5) is 17.0. The van der Waals surface area contributed by atoms with Gasteiger partial charge in [-0.1, -0.05) is 11.6 Å². The normalized spacial score (nSPS) is 18.9. The standard InChI is InChI=1S/C16H24ClN3O/c1-4-18-15-8-7-12(17)10-14(15)16(21)20-9-5-6-13(11-20)19(2)3/h7-8,10,13,18H,4-6,9,11H2,1-3H3. The molecular weight excluding hydrogens is 286 g/mol. The van der Waals surface area contributed by atoms with E-state index in [0.29, 0.717) is 16.6 Å². The lowest BCUT2D eigenvalue weighted by atomic mass is 10.0. The van der Waals surface area contributed by atoms with E-state index >= 15 is 0 Å². The number of benzene rings is 1. The van der Waals surface area contributed by atoms with Crippen LogP contribution in [-0.2, 0) is 0 Å². The molecule has 5 heteroatoms. The van der Waals surface area contributed by atoms with Crippen LogP contribution < -0.4 is 5.32 Å². The van der Waals surface area contributed by atoms with Gasteiger partial charge in [-0.25, -0.2) is 0 Å². The lowest BCUT2D eigenvalue weighted by Gasteiger charge is -2.36. The molecule has 1 fully saturated rings. The zero-order valence-electron chi connectivity index (χ0n) is 13.0. The highest BCUT2D eigenvalue weighted by atomic mass is 35.5. The van der Waals surface area contributed by atoms with Crippen molar-refractivity contribution in [2.24, 2.45) is 0 Å². The maximum Gasteiger partial charge on any atom is 0.256 e. The Labute approximate surface area is 132 Å². The van der Waals surface area contributed by atoms with Gasteiger partial charge in [0.1, 0.15) is 0 Å². The first-order chi connectivity index (χ1) is 10.0. The summed E-state index contributed by atoms with van der Waals surface area (Å²) in [6, 6.07) is 5.90. The summed E-state index contributed by atoms with van der Waals surface area (Å²) in [5.74, 6) is 0.0694. The minimum absolute atomic E-state index is 0.0694. The molecule has 1 aliphatic rings. The molecule has 0 spiro atoms. The summed E-state index contributed by atoms with van der Waals surface area (Å²) in [6.07, 6.45) is 2.19. The van der Waals surface area contributed by atoms with Gasteiger partial charge in [-0.15, -0.1) is 0 Å². The maximum atomic E-state index is 12.8. The second-order valence-corrected chi connectivity index (χ2v) is 6.17. The molecule has 1 aromatic rings. The molecule has 1 atom stereocenters. The zero-order chi connectivity index (χ0) is 15.4. The number of rotatable bonds is 4. The van der Waals surface area contributed by atoms with E-state index < -0.39 is 0 Å².